The molecule has 0 saturated carbocycles. The van der Waals surface area contributed by atoms with Gasteiger partial charge in [0.2, 0.25) is 0 Å². The number of rotatable bonds is 3. The molecule has 0 radical (unpaired) electrons. The van der Waals surface area contributed by atoms with Gasteiger partial charge in [-0.15, -0.1) is 0 Å². The number of nitrogens with zero attached hydrogens (tertiary/aromatic N) is 1. The van der Waals surface area contributed by atoms with Crippen molar-refractivity contribution in [2.75, 3.05) is 0 Å². The van der Waals surface area contributed by atoms with Crippen molar-refractivity contribution in [3.63, 3.8) is 0 Å². The van der Waals surface area contributed by atoms with E-state index < -0.39 is 17.2 Å². The van der Waals surface area contributed by atoms with E-state index in [-0.39, 0.29) is 16.5 Å². The first kappa shape index (κ1) is 14.1. The minimum absolute atomic E-state index is 0.150. The highest BCUT2D eigenvalue weighted by Crippen LogP contribution is 2.29. The quantitative estimate of drug-likeness (QED) is 0.874. The molecule has 1 aromatic heterocycles. The first-order valence-corrected chi connectivity index (χ1v) is 6.46. The molecule has 1 N–H and O–H groups in total. The summed E-state index contributed by atoms with van der Waals surface area (Å²) in [7, 11) is 0. The smallest absolute Gasteiger partial charge is 0.143 e. The minimum Gasteiger partial charge on any atom is -0.385 e. The van der Waals surface area contributed by atoms with E-state index in [9.17, 15) is 13.9 Å². The van der Waals surface area contributed by atoms with Crippen LogP contribution in [0.2, 0.25) is 0 Å². The number of halogens is 3. The Hall–Kier alpha value is -1.33. The van der Waals surface area contributed by atoms with Gasteiger partial charge in [-0.2, -0.15) is 0 Å². The molecule has 2 rings (SSSR count). The van der Waals surface area contributed by atoms with Gasteiger partial charge in [0, 0.05) is 29.9 Å². The SMILES string of the molecule is CC(O)(Cc1c(F)ccc(Br)c1F)c1cccnc1. The largest absolute Gasteiger partial charge is 0.385 e. The van der Waals surface area contributed by atoms with Crippen molar-refractivity contribution < 1.29 is 13.9 Å². The van der Waals surface area contributed by atoms with Gasteiger partial charge in [-0.1, -0.05) is 6.07 Å². The van der Waals surface area contributed by atoms with E-state index in [2.05, 4.69) is 20.9 Å². The third-order valence-electron chi connectivity index (χ3n) is 2.94. The van der Waals surface area contributed by atoms with Gasteiger partial charge < -0.3 is 5.11 Å². The van der Waals surface area contributed by atoms with Crippen LogP contribution in [0.3, 0.4) is 0 Å². The lowest BCUT2D eigenvalue weighted by molar-refractivity contribution is 0.0553. The highest BCUT2D eigenvalue weighted by Gasteiger charge is 2.27. The number of benzene rings is 1. The highest BCUT2D eigenvalue weighted by atomic mass is 79.9. The van der Waals surface area contributed by atoms with Crippen molar-refractivity contribution in [2.24, 2.45) is 0 Å². The van der Waals surface area contributed by atoms with E-state index in [4.69, 9.17) is 0 Å². The Morgan fingerprint density at radius 3 is 2.68 bits per heavy atom. The zero-order valence-electron chi connectivity index (χ0n) is 10.2. The topological polar surface area (TPSA) is 33.1 Å². The zero-order valence-corrected chi connectivity index (χ0v) is 11.8. The second-order valence-electron chi connectivity index (χ2n) is 4.51. The van der Waals surface area contributed by atoms with Crippen molar-refractivity contribution >= 4 is 15.9 Å². The van der Waals surface area contributed by atoms with Crippen LogP contribution in [0.1, 0.15) is 18.1 Å². The van der Waals surface area contributed by atoms with Crippen LogP contribution in [-0.2, 0) is 12.0 Å². The van der Waals surface area contributed by atoms with E-state index in [1.807, 2.05) is 0 Å². The van der Waals surface area contributed by atoms with E-state index in [0.717, 1.165) is 0 Å². The average Bonchev–Trinajstić information content (AvgIpc) is 2.40. The second-order valence-corrected chi connectivity index (χ2v) is 5.37. The molecule has 0 fully saturated rings. The van der Waals surface area contributed by atoms with Gasteiger partial charge in [-0.05, 0) is 41.1 Å². The van der Waals surface area contributed by atoms with Crippen LogP contribution in [0, 0.1) is 11.6 Å². The summed E-state index contributed by atoms with van der Waals surface area (Å²) in [5.41, 5.74) is -1.03. The van der Waals surface area contributed by atoms with Gasteiger partial charge in [0.05, 0.1) is 10.1 Å². The lowest BCUT2D eigenvalue weighted by atomic mass is 9.90. The van der Waals surface area contributed by atoms with Crippen molar-refractivity contribution in [1.29, 1.82) is 0 Å². The van der Waals surface area contributed by atoms with Gasteiger partial charge in [-0.25, -0.2) is 8.78 Å². The predicted molar refractivity (Wildman–Crippen MR) is 71.6 cm³/mol. The van der Waals surface area contributed by atoms with Crippen LogP contribution < -0.4 is 0 Å². The summed E-state index contributed by atoms with van der Waals surface area (Å²) in [6.07, 6.45) is 2.88. The molecule has 0 amide bonds. The minimum atomic E-state index is -1.39. The molecular formula is C14H12BrF2NO. The number of aromatic nitrogens is 1. The number of hydrogen-bond donors (Lipinski definition) is 1. The summed E-state index contributed by atoms with van der Waals surface area (Å²) in [6.45, 7) is 1.50. The monoisotopic (exact) mass is 327 g/mol. The molecular weight excluding hydrogens is 316 g/mol. The Bertz CT molecular complexity index is 587. The zero-order chi connectivity index (χ0) is 14.0. The molecule has 5 heteroatoms. The van der Waals surface area contributed by atoms with Gasteiger partial charge in [0.25, 0.3) is 0 Å². The molecule has 1 aromatic carbocycles. The normalized spacial score (nSPS) is 14.2. The summed E-state index contributed by atoms with van der Waals surface area (Å²) in [5.74, 6) is -1.37. The van der Waals surface area contributed by atoms with E-state index in [1.165, 1.54) is 25.3 Å². The fourth-order valence-corrected chi connectivity index (χ4v) is 2.23. The van der Waals surface area contributed by atoms with Gasteiger partial charge in [0.15, 0.2) is 0 Å². The van der Waals surface area contributed by atoms with Gasteiger partial charge >= 0.3 is 0 Å². The number of aliphatic hydroxyl groups is 1. The molecule has 1 unspecified atom stereocenters. The molecule has 0 aliphatic carbocycles. The summed E-state index contributed by atoms with van der Waals surface area (Å²) in [5, 5.41) is 10.4. The van der Waals surface area contributed by atoms with Crippen LogP contribution in [0.5, 0.6) is 0 Å². The fraction of sp³-hybridized carbons (Fsp3) is 0.214. The molecule has 19 heavy (non-hydrogen) atoms. The lowest BCUT2D eigenvalue weighted by Gasteiger charge is -2.24. The number of pyridine rings is 1. The molecule has 0 aliphatic rings. The third kappa shape index (κ3) is 2.98. The molecule has 0 bridgehead atoms. The van der Waals surface area contributed by atoms with Crippen LogP contribution >= 0.6 is 15.9 Å². The maximum Gasteiger partial charge on any atom is 0.143 e. The maximum atomic E-state index is 13.9. The Labute approximate surface area is 118 Å². The van der Waals surface area contributed by atoms with Crippen molar-refractivity contribution in [2.45, 2.75) is 18.9 Å². The average molecular weight is 328 g/mol. The van der Waals surface area contributed by atoms with Crippen molar-refractivity contribution in [3.8, 4) is 0 Å². The van der Waals surface area contributed by atoms with Crippen LogP contribution in [-0.4, -0.2) is 10.1 Å². The molecule has 2 aromatic rings. The van der Waals surface area contributed by atoms with Gasteiger partial charge in [0.1, 0.15) is 11.6 Å². The molecule has 100 valence electrons. The Balaban J connectivity index is 2.39. The first-order chi connectivity index (χ1) is 8.92. The van der Waals surface area contributed by atoms with Crippen LogP contribution in [0.4, 0.5) is 8.78 Å². The van der Waals surface area contributed by atoms with Gasteiger partial charge in [-0.3, -0.25) is 4.98 Å². The third-order valence-corrected chi connectivity index (χ3v) is 3.56. The van der Waals surface area contributed by atoms with E-state index >= 15 is 0 Å². The molecule has 1 atom stereocenters. The Morgan fingerprint density at radius 1 is 1.32 bits per heavy atom. The molecule has 0 spiro atoms. The van der Waals surface area contributed by atoms with E-state index in [0.29, 0.717) is 5.56 Å². The molecule has 2 nitrogen and oxygen atoms in total. The lowest BCUT2D eigenvalue weighted by Crippen LogP contribution is -2.25. The molecule has 0 aliphatic heterocycles. The summed E-state index contributed by atoms with van der Waals surface area (Å²) < 4.78 is 27.8. The number of hydrogen-bond acceptors (Lipinski definition) is 2. The molecule has 0 saturated heterocycles. The Kier molecular flexibility index (Phi) is 3.96. The summed E-state index contributed by atoms with van der Waals surface area (Å²) >= 11 is 3.01. The summed E-state index contributed by atoms with van der Waals surface area (Å²) in [6, 6.07) is 5.80. The van der Waals surface area contributed by atoms with Crippen LogP contribution in [0.25, 0.3) is 0 Å². The maximum absolute atomic E-state index is 13.9. The Morgan fingerprint density at radius 2 is 2.05 bits per heavy atom. The van der Waals surface area contributed by atoms with Crippen LogP contribution in [0.15, 0.2) is 41.1 Å². The second kappa shape index (κ2) is 5.35. The van der Waals surface area contributed by atoms with Crippen molar-refractivity contribution in [1.82, 2.24) is 4.98 Å². The highest BCUT2D eigenvalue weighted by molar-refractivity contribution is 9.10. The molecule has 1 heterocycles. The summed E-state index contributed by atoms with van der Waals surface area (Å²) in [4.78, 5) is 3.90. The fourth-order valence-electron chi connectivity index (χ4n) is 1.86. The van der Waals surface area contributed by atoms with Crippen molar-refractivity contribution in [3.05, 3.63) is 63.9 Å². The predicted octanol–water partition coefficient (Wildman–Crippen LogP) is 3.57. The van der Waals surface area contributed by atoms with E-state index in [1.54, 1.807) is 18.3 Å². The standard InChI is InChI=1S/C14H12BrF2NO/c1-14(19,9-3-2-6-18-8-9)7-10-12(16)5-4-11(15)13(10)17/h2-6,8,19H,7H2,1H3. The first-order valence-electron chi connectivity index (χ1n) is 5.67.